The quantitative estimate of drug-likeness (QED) is 0.527. The van der Waals surface area contributed by atoms with Gasteiger partial charge in [0.2, 0.25) is 0 Å². The average Bonchev–Trinajstić information content (AvgIpc) is 2.11. The summed E-state index contributed by atoms with van der Waals surface area (Å²) in [6.45, 7) is 8.89. The summed E-state index contributed by atoms with van der Waals surface area (Å²) < 4.78 is 4.64. The van der Waals surface area contributed by atoms with Gasteiger partial charge in [-0.2, -0.15) is 0 Å². The van der Waals surface area contributed by atoms with E-state index in [0.717, 1.165) is 12.8 Å². The van der Waals surface area contributed by atoms with Crippen molar-refractivity contribution in [1.29, 1.82) is 0 Å². The highest BCUT2D eigenvalue weighted by molar-refractivity contribution is 5.69. The molecule has 12 heavy (non-hydrogen) atoms. The third-order valence-electron chi connectivity index (χ3n) is 1.04. The van der Waals surface area contributed by atoms with E-state index in [0.29, 0.717) is 13.0 Å². The van der Waals surface area contributed by atoms with E-state index in [2.05, 4.69) is 18.6 Å². The number of cyclic esters (lactones) is 1. The summed E-state index contributed by atoms with van der Waals surface area (Å²) in [4.78, 5) is 10.2. The molecular formula is C10H22O2. The largest absolute Gasteiger partial charge is 0.466 e. The van der Waals surface area contributed by atoms with Gasteiger partial charge < -0.3 is 4.74 Å². The van der Waals surface area contributed by atoms with Gasteiger partial charge in [0, 0.05) is 6.42 Å². The third-order valence-corrected chi connectivity index (χ3v) is 1.04. The fourth-order valence-corrected chi connectivity index (χ4v) is 0.630. The van der Waals surface area contributed by atoms with Crippen LogP contribution in [-0.4, -0.2) is 12.6 Å². The highest BCUT2D eigenvalue weighted by Crippen LogP contribution is 2.04. The van der Waals surface area contributed by atoms with Gasteiger partial charge in [0.05, 0.1) is 6.61 Å². The minimum atomic E-state index is -0.0359. The van der Waals surface area contributed by atoms with E-state index in [1.807, 2.05) is 13.8 Å². The van der Waals surface area contributed by atoms with Gasteiger partial charge in [-0.05, 0) is 12.8 Å². The molecule has 1 aliphatic heterocycles. The standard InChI is InChI=1S/C5H8O2.C3H8.C2H6/c6-5-3-1-2-4-7-5;1-3-2;1-2/h1-4H2;3H2,1-2H3;1-2H3. The fourth-order valence-electron chi connectivity index (χ4n) is 0.630. The lowest BCUT2D eigenvalue weighted by Crippen LogP contribution is -2.10. The first-order valence-corrected chi connectivity index (χ1v) is 4.96. The molecule has 1 fully saturated rings. The maximum Gasteiger partial charge on any atom is 0.305 e. The number of ether oxygens (including phenoxy) is 1. The summed E-state index contributed by atoms with van der Waals surface area (Å²) in [6.07, 6.45) is 3.94. The van der Waals surface area contributed by atoms with Gasteiger partial charge in [-0.3, -0.25) is 4.79 Å². The van der Waals surface area contributed by atoms with Crippen molar-refractivity contribution >= 4 is 5.97 Å². The molecule has 1 rings (SSSR count). The van der Waals surface area contributed by atoms with Gasteiger partial charge in [0.15, 0.2) is 0 Å². The molecule has 0 spiro atoms. The van der Waals surface area contributed by atoms with Crippen LogP contribution in [0.4, 0.5) is 0 Å². The Balaban J connectivity index is 0. The lowest BCUT2D eigenvalue weighted by atomic mass is 10.2. The molecule has 2 nitrogen and oxygen atoms in total. The van der Waals surface area contributed by atoms with Crippen molar-refractivity contribution < 1.29 is 9.53 Å². The summed E-state index contributed by atoms with van der Waals surface area (Å²) in [5, 5.41) is 0. The Kier molecular flexibility index (Phi) is 15.3. The minimum absolute atomic E-state index is 0.0359. The second-order valence-electron chi connectivity index (χ2n) is 2.38. The molecular weight excluding hydrogens is 152 g/mol. The van der Waals surface area contributed by atoms with E-state index < -0.39 is 0 Å². The van der Waals surface area contributed by atoms with Crippen LogP contribution in [0.3, 0.4) is 0 Å². The van der Waals surface area contributed by atoms with Gasteiger partial charge in [-0.15, -0.1) is 0 Å². The Morgan fingerprint density at radius 2 is 1.75 bits per heavy atom. The molecule has 0 aromatic carbocycles. The van der Waals surface area contributed by atoms with Crippen LogP contribution in [0.1, 0.15) is 53.4 Å². The van der Waals surface area contributed by atoms with Crippen LogP contribution >= 0.6 is 0 Å². The predicted octanol–water partition coefficient (Wildman–Crippen LogP) is 3.16. The summed E-state index contributed by atoms with van der Waals surface area (Å²) in [5.74, 6) is -0.0359. The number of hydrogen-bond acceptors (Lipinski definition) is 2. The lowest BCUT2D eigenvalue weighted by Gasteiger charge is -2.08. The monoisotopic (exact) mass is 174 g/mol. The number of rotatable bonds is 0. The lowest BCUT2D eigenvalue weighted by molar-refractivity contribution is -0.146. The van der Waals surface area contributed by atoms with Gasteiger partial charge in [-0.1, -0.05) is 34.1 Å². The summed E-state index contributed by atoms with van der Waals surface area (Å²) in [7, 11) is 0. The Labute approximate surface area is 76.3 Å². The molecule has 1 aliphatic rings. The molecule has 0 aromatic rings. The number of hydrogen-bond donors (Lipinski definition) is 0. The van der Waals surface area contributed by atoms with Gasteiger partial charge >= 0.3 is 5.97 Å². The zero-order valence-electron chi connectivity index (χ0n) is 8.85. The van der Waals surface area contributed by atoms with Crippen LogP contribution in [0, 0.1) is 0 Å². The molecule has 0 amide bonds. The predicted molar refractivity (Wildman–Crippen MR) is 52.1 cm³/mol. The van der Waals surface area contributed by atoms with Crippen molar-refractivity contribution in [3.05, 3.63) is 0 Å². The van der Waals surface area contributed by atoms with Crippen LogP contribution < -0.4 is 0 Å². The topological polar surface area (TPSA) is 26.3 Å². The SMILES string of the molecule is CC.CCC.O=C1CCCCO1. The Morgan fingerprint density at radius 1 is 1.25 bits per heavy atom. The van der Waals surface area contributed by atoms with E-state index in [-0.39, 0.29) is 5.97 Å². The molecule has 1 saturated heterocycles. The van der Waals surface area contributed by atoms with E-state index >= 15 is 0 Å². The van der Waals surface area contributed by atoms with E-state index in [1.54, 1.807) is 0 Å². The highest BCUT2D eigenvalue weighted by atomic mass is 16.5. The Bertz CT molecular complexity index is 81.8. The second-order valence-corrected chi connectivity index (χ2v) is 2.38. The molecule has 0 atom stereocenters. The molecule has 0 unspecified atom stereocenters. The molecule has 1 heterocycles. The Hall–Kier alpha value is -0.530. The van der Waals surface area contributed by atoms with Crippen LogP contribution in [0.5, 0.6) is 0 Å². The van der Waals surface area contributed by atoms with Crippen LogP contribution in [0.15, 0.2) is 0 Å². The van der Waals surface area contributed by atoms with E-state index in [9.17, 15) is 4.79 Å². The van der Waals surface area contributed by atoms with Gasteiger partial charge in [0.25, 0.3) is 0 Å². The summed E-state index contributed by atoms with van der Waals surface area (Å²) in [5.41, 5.74) is 0. The van der Waals surface area contributed by atoms with E-state index in [4.69, 9.17) is 0 Å². The van der Waals surface area contributed by atoms with Crippen molar-refractivity contribution in [2.75, 3.05) is 6.61 Å². The number of esters is 1. The molecule has 0 N–H and O–H groups in total. The van der Waals surface area contributed by atoms with Gasteiger partial charge in [-0.25, -0.2) is 0 Å². The normalized spacial score (nSPS) is 14.5. The Morgan fingerprint density at radius 3 is 1.92 bits per heavy atom. The zero-order valence-corrected chi connectivity index (χ0v) is 8.85. The van der Waals surface area contributed by atoms with Crippen molar-refractivity contribution in [1.82, 2.24) is 0 Å². The second kappa shape index (κ2) is 13.1. The van der Waals surface area contributed by atoms with Crippen molar-refractivity contribution in [2.24, 2.45) is 0 Å². The number of carbonyl (C=O) groups excluding carboxylic acids is 1. The molecule has 0 saturated carbocycles. The fraction of sp³-hybridized carbons (Fsp3) is 0.900. The summed E-state index contributed by atoms with van der Waals surface area (Å²) in [6, 6.07) is 0. The van der Waals surface area contributed by atoms with Crippen LogP contribution in [0.25, 0.3) is 0 Å². The minimum Gasteiger partial charge on any atom is -0.466 e. The van der Waals surface area contributed by atoms with Gasteiger partial charge in [0.1, 0.15) is 0 Å². The third kappa shape index (κ3) is 12.2. The van der Waals surface area contributed by atoms with Crippen molar-refractivity contribution in [3.63, 3.8) is 0 Å². The maximum atomic E-state index is 10.2. The first-order valence-electron chi connectivity index (χ1n) is 4.96. The highest BCUT2D eigenvalue weighted by Gasteiger charge is 2.06. The number of carbonyl (C=O) groups is 1. The summed E-state index contributed by atoms with van der Waals surface area (Å²) >= 11 is 0. The maximum absolute atomic E-state index is 10.2. The smallest absolute Gasteiger partial charge is 0.305 e. The molecule has 0 bridgehead atoms. The molecule has 0 radical (unpaired) electrons. The first-order chi connectivity index (χ1) is 5.81. The van der Waals surface area contributed by atoms with Crippen molar-refractivity contribution in [3.8, 4) is 0 Å². The van der Waals surface area contributed by atoms with Crippen molar-refractivity contribution in [2.45, 2.75) is 53.4 Å². The molecule has 2 heteroatoms. The molecule has 0 aliphatic carbocycles. The van der Waals surface area contributed by atoms with Crippen LogP contribution in [0.2, 0.25) is 0 Å². The average molecular weight is 174 g/mol. The van der Waals surface area contributed by atoms with E-state index in [1.165, 1.54) is 6.42 Å². The molecule has 74 valence electrons. The molecule has 0 aromatic heterocycles. The zero-order chi connectivity index (χ0) is 9.82. The first kappa shape index (κ1) is 14.0. The van der Waals surface area contributed by atoms with Crippen LogP contribution in [-0.2, 0) is 9.53 Å².